The molecule has 0 bridgehead atoms. The molecular formula is C10H15NO. The zero-order chi connectivity index (χ0) is 8.81. The van der Waals surface area contributed by atoms with Crippen molar-refractivity contribution in [1.82, 2.24) is 0 Å². The van der Waals surface area contributed by atoms with Crippen LogP contribution in [0.5, 0.6) is 0 Å². The van der Waals surface area contributed by atoms with E-state index in [1.807, 2.05) is 12.1 Å². The van der Waals surface area contributed by atoms with Crippen LogP contribution in [0.4, 0.5) is 0 Å². The summed E-state index contributed by atoms with van der Waals surface area (Å²) in [6.45, 7) is 0.847. The van der Waals surface area contributed by atoms with Gasteiger partial charge in [-0.25, -0.2) is 0 Å². The number of hydrogen-bond acceptors (Lipinski definition) is 2. The number of aryl methyl sites for hydroxylation is 1. The van der Waals surface area contributed by atoms with Crippen LogP contribution in [0.2, 0.25) is 0 Å². The highest BCUT2D eigenvalue weighted by Gasteiger charge is 1.93. The van der Waals surface area contributed by atoms with Crippen molar-refractivity contribution in [3.05, 3.63) is 35.4 Å². The predicted molar refractivity (Wildman–Crippen MR) is 49.7 cm³/mol. The molecule has 0 aliphatic rings. The Morgan fingerprint density at radius 2 is 2.00 bits per heavy atom. The van der Waals surface area contributed by atoms with Crippen molar-refractivity contribution in [1.29, 1.82) is 0 Å². The van der Waals surface area contributed by atoms with Gasteiger partial charge in [0.15, 0.2) is 0 Å². The maximum atomic E-state index is 8.63. The van der Waals surface area contributed by atoms with Crippen LogP contribution >= 0.6 is 0 Å². The van der Waals surface area contributed by atoms with Gasteiger partial charge in [0.1, 0.15) is 0 Å². The molecule has 0 spiro atoms. The van der Waals surface area contributed by atoms with Crippen LogP contribution in [0.25, 0.3) is 0 Å². The Balaban J connectivity index is 2.60. The van der Waals surface area contributed by atoms with Gasteiger partial charge in [0.25, 0.3) is 0 Å². The van der Waals surface area contributed by atoms with Crippen molar-refractivity contribution in [2.75, 3.05) is 6.61 Å². The van der Waals surface area contributed by atoms with Crippen LogP contribution < -0.4 is 5.73 Å². The molecule has 12 heavy (non-hydrogen) atoms. The molecule has 66 valence electrons. The summed E-state index contributed by atoms with van der Waals surface area (Å²) in [5.74, 6) is 0. The summed E-state index contributed by atoms with van der Waals surface area (Å²) in [6, 6.07) is 8.18. The molecule has 1 rings (SSSR count). The molecule has 0 saturated carbocycles. The molecule has 0 heterocycles. The van der Waals surface area contributed by atoms with Gasteiger partial charge in [0.05, 0.1) is 0 Å². The average molecular weight is 165 g/mol. The fourth-order valence-corrected chi connectivity index (χ4v) is 1.20. The number of aliphatic hydroxyl groups is 1. The van der Waals surface area contributed by atoms with Gasteiger partial charge in [-0.2, -0.15) is 0 Å². The molecule has 0 unspecified atom stereocenters. The smallest absolute Gasteiger partial charge is 0.0434 e. The van der Waals surface area contributed by atoms with E-state index < -0.39 is 0 Å². The molecule has 1 aromatic carbocycles. The van der Waals surface area contributed by atoms with E-state index >= 15 is 0 Å². The van der Waals surface area contributed by atoms with Crippen LogP contribution in [0.3, 0.4) is 0 Å². The van der Waals surface area contributed by atoms with Gasteiger partial charge >= 0.3 is 0 Å². The second-order valence-electron chi connectivity index (χ2n) is 2.85. The first kappa shape index (κ1) is 9.23. The van der Waals surface area contributed by atoms with Crippen LogP contribution in [0.1, 0.15) is 17.5 Å². The second-order valence-corrected chi connectivity index (χ2v) is 2.85. The van der Waals surface area contributed by atoms with E-state index in [-0.39, 0.29) is 6.61 Å². The molecule has 0 aromatic heterocycles. The molecule has 0 fully saturated rings. The highest BCUT2D eigenvalue weighted by molar-refractivity contribution is 5.23. The van der Waals surface area contributed by atoms with Gasteiger partial charge < -0.3 is 10.8 Å². The number of nitrogens with two attached hydrogens (primary N) is 1. The molecule has 0 aliphatic carbocycles. The second kappa shape index (κ2) is 4.91. The molecular weight excluding hydrogens is 150 g/mol. The fraction of sp³-hybridized carbons (Fsp3) is 0.400. The molecule has 0 aliphatic heterocycles. The monoisotopic (exact) mass is 165 g/mol. The van der Waals surface area contributed by atoms with E-state index in [0.717, 1.165) is 18.4 Å². The molecule has 3 N–H and O–H groups in total. The molecule has 2 nitrogen and oxygen atoms in total. The zero-order valence-electron chi connectivity index (χ0n) is 7.16. The number of aliphatic hydroxyl groups excluding tert-OH is 1. The fourth-order valence-electron chi connectivity index (χ4n) is 1.20. The van der Waals surface area contributed by atoms with Crippen LogP contribution in [-0.4, -0.2) is 11.7 Å². The summed E-state index contributed by atoms with van der Waals surface area (Å²) in [5, 5.41) is 8.63. The van der Waals surface area contributed by atoms with Crippen molar-refractivity contribution in [2.45, 2.75) is 19.4 Å². The summed E-state index contributed by atoms with van der Waals surface area (Å²) in [7, 11) is 0. The minimum atomic E-state index is 0.257. The number of rotatable bonds is 4. The molecule has 2 heteroatoms. The van der Waals surface area contributed by atoms with Crippen molar-refractivity contribution in [3.63, 3.8) is 0 Å². The highest BCUT2D eigenvalue weighted by atomic mass is 16.2. The Bertz CT molecular complexity index is 235. The van der Waals surface area contributed by atoms with Crippen LogP contribution in [-0.2, 0) is 13.0 Å². The zero-order valence-corrected chi connectivity index (χ0v) is 7.16. The van der Waals surface area contributed by atoms with Crippen LogP contribution in [0.15, 0.2) is 24.3 Å². The third kappa shape index (κ3) is 2.64. The summed E-state index contributed by atoms with van der Waals surface area (Å²) in [6.07, 6.45) is 1.76. The first-order chi connectivity index (χ1) is 5.86. The summed E-state index contributed by atoms with van der Waals surface area (Å²) < 4.78 is 0. The standard InChI is InChI=1S/C10H15NO/c11-8-10-4-1-3-9(7-10)5-2-6-12/h1,3-4,7,12H,2,5-6,8,11H2. The summed E-state index contributed by atoms with van der Waals surface area (Å²) in [5.41, 5.74) is 7.91. The SMILES string of the molecule is NCc1cccc(CCCO)c1. The predicted octanol–water partition coefficient (Wildman–Crippen LogP) is 1.07. The lowest BCUT2D eigenvalue weighted by atomic mass is 10.1. The lowest BCUT2D eigenvalue weighted by molar-refractivity contribution is 0.288. The number of benzene rings is 1. The normalized spacial score (nSPS) is 10.2. The number of hydrogen-bond donors (Lipinski definition) is 2. The maximum absolute atomic E-state index is 8.63. The largest absolute Gasteiger partial charge is 0.396 e. The maximum Gasteiger partial charge on any atom is 0.0434 e. The molecule has 0 saturated heterocycles. The van der Waals surface area contributed by atoms with Gasteiger partial charge in [-0.15, -0.1) is 0 Å². The van der Waals surface area contributed by atoms with Crippen molar-refractivity contribution in [3.8, 4) is 0 Å². The molecule has 1 aromatic rings. The minimum Gasteiger partial charge on any atom is -0.396 e. The Morgan fingerprint density at radius 3 is 2.67 bits per heavy atom. The van der Waals surface area contributed by atoms with Gasteiger partial charge in [0.2, 0.25) is 0 Å². The molecule has 0 atom stereocenters. The van der Waals surface area contributed by atoms with Crippen LogP contribution in [0, 0.1) is 0 Å². The van der Waals surface area contributed by atoms with Gasteiger partial charge in [-0.1, -0.05) is 24.3 Å². The van der Waals surface area contributed by atoms with E-state index in [0.29, 0.717) is 6.54 Å². The summed E-state index contributed by atoms with van der Waals surface area (Å²) >= 11 is 0. The van der Waals surface area contributed by atoms with Crippen molar-refractivity contribution in [2.24, 2.45) is 5.73 Å². The Labute approximate surface area is 73.0 Å². The van der Waals surface area contributed by atoms with Crippen molar-refractivity contribution < 1.29 is 5.11 Å². The molecule has 0 amide bonds. The van der Waals surface area contributed by atoms with Gasteiger partial charge in [0, 0.05) is 13.2 Å². The quantitative estimate of drug-likeness (QED) is 0.701. The third-order valence-corrected chi connectivity index (χ3v) is 1.85. The highest BCUT2D eigenvalue weighted by Crippen LogP contribution is 2.06. The van der Waals surface area contributed by atoms with E-state index in [9.17, 15) is 0 Å². The average Bonchev–Trinajstić information content (AvgIpc) is 2.15. The first-order valence-corrected chi connectivity index (χ1v) is 4.25. The van der Waals surface area contributed by atoms with E-state index in [4.69, 9.17) is 10.8 Å². The summed E-state index contributed by atoms with van der Waals surface area (Å²) in [4.78, 5) is 0. The Kier molecular flexibility index (Phi) is 3.77. The Morgan fingerprint density at radius 1 is 1.25 bits per heavy atom. The molecule has 0 radical (unpaired) electrons. The van der Waals surface area contributed by atoms with Gasteiger partial charge in [-0.05, 0) is 24.0 Å². The Hall–Kier alpha value is -0.860. The van der Waals surface area contributed by atoms with Gasteiger partial charge in [-0.3, -0.25) is 0 Å². The lowest BCUT2D eigenvalue weighted by Gasteiger charge is -2.01. The lowest BCUT2D eigenvalue weighted by Crippen LogP contribution is -1.97. The van der Waals surface area contributed by atoms with E-state index in [1.165, 1.54) is 5.56 Å². The minimum absolute atomic E-state index is 0.257. The van der Waals surface area contributed by atoms with E-state index in [1.54, 1.807) is 0 Å². The third-order valence-electron chi connectivity index (χ3n) is 1.85. The van der Waals surface area contributed by atoms with Crippen molar-refractivity contribution >= 4 is 0 Å². The topological polar surface area (TPSA) is 46.2 Å². The first-order valence-electron chi connectivity index (χ1n) is 4.25. The van der Waals surface area contributed by atoms with E-state index in [2.05, 4.69) is 12.1 Å².